The molecule has 1 aliphatic carbocycles. The quantitative estimate of drug-likeness (QED) is 0.758. The van der Waals surface area contributed by atoms with Gasteiger partial charge in [-0.2, -0.15) is 0 Å². The van der Waals surface area contributed by atoms with Gasteiger partial charge in [-0.1, -0.05) is 13.0 Å². The molecule has 2 aromatic heterocycles. The molecule has 6 heteroatoms. The van der Waals surface area contributed by atoms with Gasteiger partial charge in [-0.05, 0) is 80.9 Å². The molecule has 3 aliphatic rings. The van der Waals surface area contributed by atoms with Crippen molar-refractivity contribution in [3.05, 3.63) is 69.4 Å². The monoisotopic (exact) mass is 443 g/mol. The van der Waals surface area contributed by atoms with Crippen LogP contribution < -0.4 is 15.8 Å². The lowest BCUT2D eigenvalue weighted by Crippen LogP contribution is -2.49. The van der Waals surface area contributed by atoms with Gasteiger partial charge in [0.2, 0.25) is 0 Å². The van der Waals surface area contributed by atoms with Crippen LogP contribution in [0.5, 0.6) is 0 Å². The Kier molecular flexibility index (Phi) is 6.02. The summed E-state index contributed by atoms with van der Waals surface area (Å²) in [6.45, 7) is 9.31. The summed E-state index contributed by atoms with van der Waals surface area (Å²) >= 11 is 0. The molecular formula is C27H33N5O. The molecule has 4 heterocycles. The molecule has 1 atom stereocenters. The molecule has 0 spiro atoms. The van der Waals surface area contributed by atoms with Crippen LogP contribution in [0.1, 0.15) is 58.6 Å². The second kappa shape index (κ2) is 9.10. The van der Waals surface area contributed by atoms with Crippen molar-refractivity contribution in [2.75, 3.05) is 24.5 Å². The van der Waals surface area contributed by atoms with Crippen LogP contribution in [-0.2, 0) is 0 Å². The minimum Gasteiger partial charge on any atom is -0.368 e. The predicted octanol–water partition coefficient (Wildman–Crippen LogP) is 4.52. The molecule has 5 rings (SSSR count). The second-order valence-electron chi connectivity index (χ2n) is 9.42. The number of anilines is 1. The molecule has 0 bridgehead atoms. The van der Waals surface area contributed by atoms with Gasteiger partial charge in [0, 0.05) is 43.7 Å². The van der Waals surface area contributed by atoms with E-state index in [2.05, 4.69) is 49.2 Å². The summed E-state index contributed by atoms with van der Waals surface area (Å²) in [6, 6.07) is 6.17. The molecule has 33 heavy (non-hydrogen) atoms. The fourth-order valence-corrected chi connectivity index (χ4v) is 5.08. The van der Waals surface area contributed by atoms with Crippen LogP contribution in [0, 0.1) is 0 Å². The molecule has 2 aromatic rings. The van der Waals surface area contributed by atoms with E-state index in [4.69, 9.17) is 9.98 Å². The first-order valence-corrected chi connectivity index (χ1v) is 12.2. The van der Waals surface area contributed by atoms with E-state index in [1.165, 1.54) is 22.6 Å². The van der Waals surface area contributed by atoms with Crippen molar-refractivity contribution in [2.24, 2.45) is 4.99 Å². The maximum absolute atomic E-state index is 13.1. The number of aromatic nitrogens is 2. The maximum Gasteiger partial charge on any atom is 0.258 e. The number of nitrogens with zero attached hydrogens (tertiary/aromatic N) is 4. The number of aliphatic imine (C=N–C) groups is 1. The van der Waals surface area contributed by atoms with Gasteiger partial charge in [-0.25, -0.2) is 4.98 Å². The smallest absolute Gasteiger partial charge is 0.258 e. The zero-order chi connectivity index (χ0) is 22.9. The van der Waals surface area contributed by atoms with Gasteiger partial charge in [-0.15, -0.1) is 0 Å². The van der Waals surface area contributed by atoms with Crippen LogP contribution in [0.25, 0.3) is 11.2 Å². The van der Waals surface area contributed by atoms with Crippen molar-refractivity contribution in [2.45, 2.75) is 58.9 Å². The van der Waals surface area contributed by atoms with E-state index in [9.17, 15) is 4.79 Å². The third-order valence-electron chi connectivity index (χ3n) is 6.92. The number of piperazine rings is 1. The first-order chi connectivity index (χ1) is 16.0. The van der Waals surface area contributed by atoms with E-state index in [0.29, 0.717) is 11.7 Å². The Morgan fingerprint density at radius 3 is 2.91 bits per heavy atom. The fourth-order valence-electron chi connectivity index (χ4n) is 5.08. The standard InChI is InChI=1S/C27H33N5O/c1-4-20-14-22(7-5-6-21-9-8-18(2)29-27(20)21)24-15-26(33)32-17-23(10-11-25(32)30-24)31-13-12-28-19(3)16-31/h7,10-11,14-15,17,19,28H,4-6,8-9,12-13,16H2,1-3H3/b20-14-,22-7+. The van der Waals surface area contributed by atoms with Crippen LogP contribution in [0.4, 0.5) is 5.69 Å². The number of hydrogen-bond donors (Lipinski definition) is 1. The van der Waals surface area contributed by atoms with Crippen LogP contribution in [0.3, 0.4) is 0 Å². The molecule has 1 N–H and O–H groups in total. The zero-order valence-electron chi connectivity index (χ0n) is 19.9. The average molecular weight is 444 g/mol. The SMILES string of the molecule is CC/C1=C/C(c2cc(=O)n3cc(N4CCNC(C)C4)ccc3n2)=C\CCC2=C1N=C(C)CC2. The average Bonchev–Trinajstić information content (AvgIpc) is 2.80. The van der Waals surface area contributed by atoms with E-state index < -0.39 is 0 Å². The lowest BCUT2D eigenvalue weighted by Gasteiger charge is -2.33. The first-order valence-electron chi connectivity index (χ1n) is 12.2. The Morgan fingerprint density at radius 2 is 2.09 bits per heavy atom. The van der Waals surface area contributed by atoms with E-state index in [-0.39, 0.29) is 5.56 Å². The molecule has 1 fully saturated rings. The lowest BCUT2D eigenvalue weighted by molar-refractivity contribution is 0.484. The summed E-state index contributed by atoms with van der Waals surface area (Å²) in [5, 5.41) is 3.47. The number of allylic oxidation sites excluding steroid dienone is 5. The Hall–Kier alpha value is -2.99. The Morgan fingerprint density at radius 1 is 1.21 bits per heavy atom. The summed E-state index contributed by atoms with van der Waals surface area (Å²) < 4.78 is 1.68. The highest BCUT2D eigenvalue weighted by Gasteiger charge is 2.19. The van der Waals surface area contributed by atoms with Gasteiger partial charge in [0.15, 0.2) is 0 Å². The van der Waals surface area contributed by atoms with Gasteiger partial charge < -0.3 is 10.2 Å². The summed E-state index contributed by atoms with van der Waals surface area (Å²) in [6.07, 6.45) is 11.4. The van der Waals surface area contributed by atoms with Crippen molar-refractivity contribution >= 4 is 22.6 Å². The van der Waals surface area contributed by atoms with Gasteiger partial charge in [0.1, 0.15) is 5.65 Å². The summed E-state index contributed by atoms with van der Waals surface area (Å²) in [7, 11) is 0. The summed E-state index contributed by atoms with van der Waals surface area (Å²) in [4.78, 5) is 25.3. The van der Waals surface area contributed by atoms with E-state index >= 15 is 0 Å². The predicted molar refractivity (Wildman–Crippen MR) is 136 cm³/mol. The number of hydrogen-bond acceptors (Lipinski definition) is 5. The molecule has 2 aliphatic heterocycles. The van der Waals surface area contributed by atoms with Crippen molar-refractivity contribution in [3.8, 4) is 0 Å². The summed E-state index contributed by atoms with van der Waals surface area (Å²) in [5.74, 6) is 0. The van der Waals surface area contributed by atoms with Crippen LogP contribution in [-0.4, -0.2) is 40.8 Å². The highest BCUT2D eigenvalue weighted by atomic mass is 16.1. The summed E-state index contributed by atoms with van der Waals surface area (Å²) in [5.41, 5.74) is 8.55. The fraction of sp³-hybridized carbons (Fsp3) is 0.444. The molecule has 0 radical (unpaired) electrons. The highest BCUT2D eigenvalue weighted by molar-refractivity contribution is 5.85. The largest absolute Gasteiger partial charge is 0.368 e. The van der Waals surface area contributed by atoms with Crippen molar-refractivity contribution in [3.63, 3.8) is 0 Å². The maximum atomic E-state index is 13.1. The van der Waals surface area contributed by atoms with Crippen molar-refractivity contribution in [1.29, 1.82) is 0 Å². The number of rotatable bonds is 3. The molecule has 0 amide bonds. The molecule has 172 valence electrons. The van der Waals surface area contributed by atoms with Gasteiger partial charge in [0.05, 0.1) is 17.1 Å². The Bertz CT molecular complexity index is 1260. The molecule has 0 saturated carbocycles. The van der Waals surface area contributed by atoms with Gasteiger partial charge in [0.25, 0.3) is 5.56 Å². The van der Waals surface area contributed by atoms with Crippen LogP contribution >= 0.6 is 0 Å². The topological polar surface area (TPSA) is 62.0 Å². The molecule has 1 saturated heterocycles. The third-order valence-corrected chi connectivity index (χ3v) is 6.92. The third kappa shape index (κ3) is 4.44. The Balaban J connectivity index is 1.52. The lowest BCUT2D eigenvalue weighted by atomic mass is 9.90. The molecule has 0 aromatic carbocycles. The first kappa shape index (κ1) is 21.8. The van der Waals surface area contributed by atoms with Crippen LogP contribution in [0.2, 0.25) is 0 Å². The van der Waals surface area contributed by atoms with Crippen molar-refractivity contribution in [1.82, 2.24) is 14.7 Å². The second-order valence-corrected chi connectivity index (χ2v) is 9.42. The van der Waals surface area contributed by atoms with E-state index in [0.717, 1.165) is 68.7 Å². The molecular weight excluding hydrogens is 410 g/mol. The van der Waals surface area contributed by atoms with E-state index in [1.807, 2.05) is 12.3 Å². The number of fused-ring (bicyclic) bond motifs is 1. The molecule has 6 nitrogen and oxygen atoms in total. The van der Waals surface area contributed by atoms with E-state index in [1.54, 1.807) is 10.5 Å². The zero-order valence-corrected chi connectivity index (χ0v) is 19.9. The minimum atomic E-state index is -0.0409. The normalized spacial score (nSPS) is 24.9. The minimum absolute atomic E-state index is 0.0409. The van der Waals surface area contributed by atoms with Gasteiger partial charge in [-0.3, -0.25) is 14.2 Å². The molecule has 1 unspecified atom stereocenters. The van der Waals surface area contributed by atoms with Crippen LogP contribution in [0.15, 0.2) is 63.2 Å². The Labute approximate surface area is 195 Å². The number of nitrogens with one attached hydrogen (secondary N) is 1. The number of pyridine rings is 1. The van der Waals surface area contributed by atoms with Gasteiger partial charge >= 0.3 is 0 Å². The highest BCUT2D eigenvalue weighted by Crippen LogP contribution is 2.34. The van der Waals surface area contributed by atoms with Crippen molar-refractivity contribution < 1.29 is 0 Å².